The molecule has 126 valence electrons. The van der Waals surface area contributed by atoms with Crippen molar-refractivity contribution in [2.75, 3.05) is 5.32 Å². The molecular formula is C20H24ClN3. The number of hydrogen-bond acceptors (Lipinski definition) is 3. The van der Waals surface area contributed by atoms with Crippen LogP contribution in [0.25, 0.3) is 10.9 Å². The van der Waals surface area contributed by atoms with Gasteiger partial charge in [-0.15, -0.1) is 0 Å². The second-order valence-electron chi connectivity index (χ2n) is 9.39. The van der Waals surface area contributed by atoms with Gasteiger partial charge >= 0.3 is 0 Å². The Morgan fingerprint density at radius 1 is 1.00 bits per heavy atom. The van der Waals surface area contributed by atoms with Crippen LogP contribution in [0.4, 0.5) is 5.82 Å². The Morgan fingerprint density at radius 3 is 2.42 bits per heavy atom. The van der Waals surface area contributed by atoms with E-state index in [1.807, 2.05) is 18.2 Å². The fraction of sp³-hybridized carbons (Fsp3) is 0.600. The van der Waals surface area contributed by atoms with Crippen LogP contribution in [0.15, 0.2) is 24.3 Å². The Balaban J connectivity index is 1.59. The first-order valence-electron chi connectivity index (χ1n) is 9.07. The molecule has 4 aliphatic carbocycles. The zero-order valence-corrected chi connectivity index (χ0v) is 15.2. The van der Waals surface area contributed by atoms with E-state index in [0.717, 1.165) is 22.6 Å². The molecule has 1 N–H and O–H groups in total. The molecule has 4 saturated carbocycles. The summed E-state index contributed by atoms with van der Waals surface area (Å²) in [6.07, 6.45) is 7.96. The average molecular weight is 342 g/mol. The first-order valence-corrected chi connectivity index (χ1v) is 9.45. The number of nitrogens with zero attached hydrogens (tertiary/aromatic N) is 2. The highest BCUT2D eigenvalue weighted by molar-refractivity contribution is 6.28. The lowest BCUT2D eigenvalue weighted by Crippen LogP contribution is -2.61. The second-order valence-corrected chi connectivity index (χ2v) is 9.73. The zero-order chi connectivity index (χ0) is 16.6. The maximum Gasteiger partial charge on any atom is 0.224 e. The molecule has 0 amide bonds. The zero-order valence-electron chi connectivity index (χ0n) is 14.4. The molecule has 4 aliphatic rings. The van der Waals surface area contributed by atoms with Crippen molar-refractivity contribution in [3.8, 4) is 0 Å². The summed E-state index contributed by atoms with van der Waals surface area (Å²) in [5.41, 5.74) is 2.05. The molecule has 24 heavy (non-hydrogen) atoms. The number of hydrogen-bond donors (Lipinski definition) is 1. The van der Waals surface area contributed by atoms with Crippen LogP contribution in [0.5, 0.6) is 0 Å². The standard InChI is InChI=1S/C20H24ClN3/c1-18-7-13-8-19(2,10-18)12-20(9-13,11-18)24-16-14-5-3-4-6-15(14)22-17(21)23-16/h3-6,13H,7-12H2,1-2H3,(H,22,23,24)/t13?,18-,19+,20?. The summed E-state index contributed by atoms with van der Waals surface area (Å²) < 4.78 is 0. The van der Waals surface area contributed by atoms with Gasteiger partial charge in [0.2, 0.25) is 5.28 Å². The van der Waals surface area contributed by atoms with Crippen molar-refractivity contribution in [1.82, 2.24) is 9.97 Å². The Kier molecular flexibility index (Phi) is 2.88. The average Bonchev–Trinajstić information content (AvgIpc) is 2.42. The molecule has 0 aliphatic heterocycles. The van der Waals surface area contributed by atoms with Gasteiger partial charge in [-0.05, 0) is 79.0 Å². The lowest BCUT2D eigenvalue weighted by Gasteiger charge is -2.65. The number of fused-ring (bicyclic) bond motifs is 1. The summed E-state index contributed by atoms with van der Waals surface area (Å²) in [5.74, 6) is 1.77. The molecule has 1 aromatic heterocycles. The highest BCUT2D eigenvalue weighted by atomic mass is 35.5. The number of para-hydroxylation sites is 1. The summed E-state index contributed by atoms with van der Waals surface area (Å²) in [7, 11) is 0. The van der Waals surface area contributed by atoms with Crippen LogP contribution in [0.3, 0.4) is 0 Å². The largest absolute Gasteiger partial charge is 0.364 e. The first-order chi connectivity index (χ1) is 11.4. The molecular weight excluding hydrogens is 318 g/mol. The van der Waals surface area contributed by atoms with Gasteiger partial charge in [-0.1, -0.05) is 26.0 Å². The quantitative estimate of drug-likeness (QED) is 0.738. The normalized spacial score (nSPS) is 40.2. The van der Waals surface area contributed by atoms with Crippen molar-refractivity contribution in [2.45, 2.75) is 57.9 Å². The highest BCUT2D eigenvalue weighted by Crippen LogP contribution is 2.66. The van der Waals surface area contributed by atoms with Gasteiger partial charge < -0.3 is 5.32 Å². The SMILES string of the molecule is C[C@]12CC3CC(Nc4nc(Cl)nc5ccccc45)(C1)C[C@@](C)(C3)C2. The van der Waals surface area contributed by atoms with Crippen LogP contribution in [0.2, 0.25) is 5.28 Å². The van der Waals surface area contributed by atoms with E-state index >= 15 is 0 Å². The topological polar surface area (TPSA) is 37.8 Å². The van der Waals surface area contributed by atoms with E-state index in [4.69, 9.17) is 11.6 Å². The number of anilines is 1. The molecule has 4 atom stereocenters. The minimum Gasteiger partial charge on any atom is -0.364 e. The Bertz CT molecular complexity index is 815. The summed E-state index contributed by atoms with van der Waals surface area (Å²) in [6, 6.07) is 8.16. The van der Waals surface area contributed by atoms with Gasteiger partial charge in [0.15, 0.2) is 0 Å². The van der Waals surface area contributed by atoms with Crippen LogP contribution < -0.4 is 5.32 Å². The van der Waals surface area contributed by atoms with E-state index in [0.29, 0.717) is 16.1 Å². The van der Waals surface area contributed by atoms with E-state index in [1.54, 1.807) is 0 Å². The van der Waals surface area contributed by atoms with Gasteiger partial charge in [-0.3, -0.25) is 0 Å². The Morgan fingerprint density at radius 2 is 1.71 bits per heavy atom. The molecule has 6 rings (SSSR count). The lowest BCUT2D eigenvalue weighted by atomic mass is 9.43. The van der Waals surface area contributed by atoms with Crippen molar-refractivity contribution in [1.29, 1.82) is 0 Å². The predicted octanol–water partition coefficient (Wildman–Crippen LogP) is 5.44. The molecule has 0 saturated heterocycles. The molecule has 2 unspecified atom stereocenters. The molecule has 3 nitrogen and oxygen atoms in total. The summed E-state index contributed by atoms with van der Waals surface area (Å²) in [5, 5.41) is 5.29. The molecule has 0 radical (unpaired) electrons. The third-order valence-corrected chi connectivity index (χ3v) is 6.75. The number of rotatable bonds is 2. The van der Waals surface area contributed by atoms with Gasteiger partial charge in [0.05, 0.1) is 5.52 Å². The van der Waals surface area contributed by atoms with Gasteiger partial charge in [-0.25, -0.2) is 9.97 Å². The third kappa shape index (κ3) is 2.24. The van der Waals surface area contributed by atoms with E-state index in [-0.39, 0.29) is 5.54 Å². The first kappa shape index (κ1) is 14.9. The van der Waals surface area contributed by atoms with E-state index in [1.165, 1.54) is 38.5 Å². The second kappa shape index (κ2) is 4.63. The van der Waals surface area contributed by atoms with Crippen molar-refractivity contribution >= 4 is 28.3 Å². The minimum atomic E-state index is 0.170. The smallest absolute Gasteiger partial charge is 0.224 e. The highest BCUT2D eigenvalue weighted by Gasteiger charge is 2.60. The van der Waals surface area contributed by atoms with Crippen LogP contribution in [-0.2, 0) is 0 Å². The molecule has 4 bridgehead atoms. The van der Waals surface area contributed by atoms with Crippen LogP contribution in [0.1, 0.15) is 52.4 Å². The van der Waals surface area contributed by atoms with E-state index < -0.39 is 0 Å². The fourth-order valence-electron chi connectivity index (χ4n) is 6.98. The summed E-state index contributed by atoms with van der Waals surface area (Å²) in [4.78, 5) is 8.94. The third-order valence-electron chi connectivity index (χ3n) is 6.59. The predicted molar refractivity (Wildman–Crippen MR) is 98.3 cm³/mol. The molecule has 0 spiro atoms. The number of halogens is 1. The number of benzene rings is 1. The van der Waals surface area contributed by atoms with E-state index in [2.05, 4.69) is 35.2 Å². The van der Waals surface area contributed by atoms with E-state index in [9.17, 15) is 0 Å². The number of nitrogens with one attached hydrogen (secondary N) is 1. The van der Waals surface area contributed by atoms with Gasteiger partial charge in [0, 0.05) is 10.9 Å². The molecule has 2 aromatic rings. The summed E-state index contributed by atoms with van der Waals surface area (Å²) in [6.45, 7) is 4.99. The minimum absolute atomic E-state index is 0.170. The lowest BCUT2D eigenvalue weighted by molar-refractivity contribution is -0.0973. The molecule has 1 aromatic carbocycles. The maximum absolute atomic E-state index is 6.20. The molecule has 4 heteroatoms. The fourth-order valence-corrected chi connectivity index (χ4v) is 7.16. The molecule has 4 fully saturated rings. The Labute approximate surface area is 148 Å². The van der Waals surface area contributed by atoms with Crippen LogP contribution in [0, 0.1) is 16.7 Å². The maximum atomic E-state index is 6.20. The van der Waals surface area contributed by atoms with Gasteiger partial charge in [0.25, 0.3) is 0 Å². The van der Waals surface area contributed by atoms with Crippen molar-refractivity contribution in [3.63, 3.8) is 0 Å². The monoisotopic (exact) mass is 341 g/mol. The van der Waals surface area contributed by atoms with Crippen LogP contribution >= 0.6 is 11.6 Å². The molecule has 1 heterocycles. The number of aromatic nitrogens is 2. The Hall–Kier alpha value is -1.35. The summed E-state index contributed by atoms with van der Waals surface area (Å²) >= 11 is 6.20. The van der Waals surface area contributed by atoms with Crippen LogP contribution in [-0.4, -0.2) is 15.5 Å². The van der Waals surface area contributed by atoms with Gasteiger partial charge in [-0.2, -0.15) is 0 Å². The van der Waals surface area contributed by atoms with Crippen molar-refractivity contribution in [3.05, 3.63) is 29.5 Å². The van der Waals surface area contributed by atoms with Gasteiger partial charge in [0.1, 0.15) is 5.82 Å². The van der Waals surface area contributed by atoms with Crippen molar-refractivity contribution in [2.24, 2.45) is 16.7 Å². The van der Waals surface area contributed by atoms with Crippen molar-refractivity contribution < 1.29 is 0 Å².